The van der Waals surface area contributed by atoms with Crippen LogP contribution in [0.5, 0.6) is 5.75 Å². The molecule has 1 saturated carbocycles. The first-order chi connectivity index (χ1) is 9.30. The Morgan fingerprint density at radius 3 is 2.74 bits per heavy atom. The van der Waals surface area contributed by atoms with Gasteiger partial charge in [0.2, 0.25) is 0 Å². The molecule has 1 fully saturated rings. The number of nitrogens with two attached hydrogens (primary N) is 1. The largest absolute Gasteiger partial charge is 0.497 e. The summed E-state index contributed by atoms with van der Waals surface area (Å²) in [7, 11) is 1.68. The van der Waals surface area contributed by atoms with E-state index in [1.54, 1.807) is 7.11 Å². The minimum absolute atomic E-state index is 0.227. The van der Waals surface area contributed by atoms with Crippen LogP contribution in [0.3, 0.4) is 0 Å². The Bertz CT molecular complexity index is 405. The molecule has 2 rings (SSSR count). The topological polar surface area (TPSA) is 58.7 Å². The Hall–Kier alpha value is -1.26. The molecule has 0 atom stereocenters. The monoisotopic (exact) mass is 264 g/mol. The molecule has 1 aromatic rings. The van der Waals surface area contributed by atoms with Gasteiger partial charge < -0.3 is 20.5 Å². The lowest BCUT2D eigenvalue weighted by Gasteiger charge is -2.40. The average molecular weight is 264 g/mol. The van der Waals surface area contributed by atoms with Crippen LogP contribution in [0.1, 0.15) is 31.2 Å². The molecule has 1 aromatic carbocycles. The fourth-order valence-corrected chi connectivity index (χ4v) is 2.55. The highest BCUT2D eigenvalue weighted by molar-refractivity contribution is 5.58. The van der Waals surface area contributed by atoms with E-state index in [0.29, 0.717) is 12.6 Å². The molecule has 1 aliphatic rings. The fourth-order valence-electron chi connectivity index (χ4n) is 2.55. The van der Waals surface area contributed by atoms with Crippen LogP contribution >= 0.6 is 0 Å². The molecule has 4 heteroatoms. The van der Waals surface area contributed by atoms with E-state index in [1.807, 2.05) is 12.1 Å². The van der Waals surface area contributed by atoms with Crippen molar-refractivity contribution >= 4 is 5.69 Å². The Balaban J connectivity index is 2.26. The second-order valence-electron chi connectivity index (χ2n) is 5.05. The number of rotatable bonds is 7. The molecule has 0 radical (unpaired) electrons. The fraction of sp³-hybridized carbons (Fsp3) is 0.600. The molecule has 0 spiro atoms. The Labute approximate surface area is 115 Å². The predicted molar refractivity (Wildman–Crippen MR) is 77.6 cm³/mol. The zero-order valence-corrected chi connectivity index (χ0v) is 11.6. The number of aliphatic hydroxyl groups is 1. The first kappa shape index (κ1) is 14.2. The van der Waals surface area contributed by atoms with Crippen LogP contribution in [0.2, 0.25) is 0 Å². The van der Waals surface area contributed by atoms with Crippen molar-refractivity contribution in [3.63, 3.8) is 0 Å². The predicted octanol–water partition coefficient (Wildman–Crippen LogP) is 1.90. The van der Waals surface area contributed by atoms with Crippen LogP contribution in [-0.2, 0) is 6.54 Å². The molecule has 0 aliphatic heterocycles. The molecule has 0 aromatic heterocycles. The van der Waals surface area contributed by atoms with Crippen LogP contribution in [0, 0.1) is 0 Å². The quantitative estimate of drug-likeness (QED) is 0.789. The van der Waals surface area contributed by atoms with Crippen LogP contribution < -0.4 is 15.4 Å². The summed E-state index contributed by atoms with van der Waals surface area (Å²) in [5.41, 5.74) is 8.16. The number of hydrogen-bond donors (Lipinski definition) is 2. The number of ether oxygens (including phenoxy) is 1. The van der Waals surface area contributed by atoms with E-state index in [9.17, 15) is 0 Å². The lowest BCUT2D eigenvalue weighted by molar-refractivity contribution is 0.283. The number of nitrogens with zero attached hydrogens (tertiary/aromatic N) is 1. The van der Waals surface area contributed by atoms with Gasteiger partial charge >= 0.3 is 0 Å². The first-order valence-electron chi connectivity index (χ1n) is 7.04. The molecule has 3 N–H and O–H groups in total. The Morgan fingerprint density at radius 2 is 2.21 bits per heavy atom. The van der Waals surface area contributed by atoms with E-state index in [-0.39, 0.29) is 6.61 Å². The van der Waals surface area contributed by atoms with Crippen molar-refractivity contribution in [3.05, 3.63) is 23.8 Å². The zero-order chi connectivity index (χ0) is 13.7. The summed E-state index contributed by atoms with van der Waals surface area (Å²) >= 11 is 0. The van der Waals surface area contributed by atoms with E-state index in [4.69, 9.17) is 15.6 Å². The maximum Gasteiger partial charge on any atom is 0.120 e. The van der Waals surface area contributed by atoms with Gasteiger partial charge in [0.1, 0.15) is 5.75 Å². The van der Waals surface area contributed by atoms with E-state index in [2.05, 4.69) is 11.0 Å². The van der Waals surface area contributed by atoms with E-state index < -0.39 is 0 Å². The van der Waals surface area contributed by atoms with Gasteiger partial charge in [0, 0.05) is 37.5 Å². The SMILES string of the molecule is COc1ccc(CN)c(N(CCCO)C2CCC2)c1. The maximum atomic E-state index is 9.09. The summed E-state index contributed by atoms with van der Waals surface area (Å²) in [5, 5.41) is 9.09. The van der Waals surface area contributed by atoms with Crippen LogP contribution in [0.15, 0.2) is 18.2 Å². The molecule has 106 valence electrons. The van der Waals surface area contributed by atoms with Crippen molar-refractivity contribution in [1.29, 1.82) is 0 Å². The van der Waals surface area contributed by atoms with Crippen molar-refractivity contribution in [3.8, 4) is 5.75 Å². The standard InChI is InChI=1S/C15H24N2O2/c1-19-14-7-6-12(11-16)15(10-14)17(8-3-9-18)13-4-2-5-13/h6-7,10,13,18H,2-5,8-9,11,16H2,1H3. The van der Waals surface area contributed by atoms with Crippen molar-refractivity contribution in [2.45, 2.75) is 38.3 Å². The molecule has 1 aliphatic carbocycles. The summed E-state index contributed by atoms with van der Waals surface area (Å²) in [6.45, 7) is 1.63. The summed E-state index contributed by atoms with van der Waals surface area (Å²) in [6.07, 6.45) is 4.54. The molecule has 0 heterocycles. The molecular formula is C15H24N2O2. The van der Waals surface area contributed by atoms with Crippen molar-refractivity contribution in [1.82, 2.24) is 0 Å². The molecular weight excluding hydrogens is 240 g/mol. The second-order valence-corrected chi connectivity index (χ2v) is 5.05. The van der Waals surface area contributed by atoms with E-state index in [0.717, 1.165) is 24.3 Å². The Morgan fingerprint density at radius 1 is 1.42 bits per heavy atom. The number of hydrogen-bond acceptors (Lipinski definition) is 4. The van der Waals surface area contributed by atoms with Gasteiger partial charge in [0.05, 0.1) is 7.11 Å². The Kier molecular flexibility index (Phi) is 5.05. The number of anilines is 1. The van der Waals surface area contributed by atoms with Gasteiger partial charge in [-0.2, -0.15) is 0 Å². The highest BCUT2D eigenvalue weighted by Crippen LogP contribution is 2.33. The molecule has 4 nitrogen and oxygen atoms in total. The highest BCUT2D eigenvalue weighted by Gasteiger charge is 2.26. The summed E-state index contributed by atoms with van der Waals surface area (Å²) in [4.78, 5) is 2.39. The third-order valence-electron chi connectivity index (χ3n) is 3.89. The second kappa shape index (κ2) is 6.78. The van der Waals surface area contributed by atoms with Gasteiger partial charge in [-0.1, -0.05) is 6.07 Å². The third-order valence-corrected chi connectivity index (χ3v) is 3.89. The average Bonchev–Trinajstić information content (AvgIpc) is 2.40. The van der Waals surface area contributed by atoms with Crippen LogP contribution in [0.25, 0.3) is 0 Å². The molecule has 19 heavy (non-hydrogen) atoms. The van der Waals surface area contributed by atoms with Gasteiger partial charge in [0.25, 0.3) is 0 Å². The van der Waals surface area contributed by atoms with Crippen molar-refractivity contribution in [2.75, 3.05) is 25.2 Å². The van der Waals surface area contributed by atoms with E-state index >= 15 is 0 Å². The van der Waals surface area contributed by atoms with Crippen molar-refractivity contribution in [2.24, 2.45) is 5.73 Å². The lowest BCUT2D eigenvalue weighted by atomic mass is 9.90. The summed E-state index contributed by atoms with van der Waals surface area (Å²) < 4.78 is 5.32. The third kappa shape index (κ3) is 3.19. The molecule has 0 unspecified atom stereocenters. The van der Waals surface area contributed by atoms with Crippen molar-refractivity contribution < 1.29 is 9.84 Å². The molecule has 0 amide bonds. The first-order valence-corrected chi connectivity index (χ1v) is 7.04. The van der Waals surface area contributed by atoms with Gasteiger partial charge in [-0.05, 0) is 37.3 Å². The summed E-state index contributed by atoms with van der Waals surface area (Å²) in [6, 6.07) is 6.65. The van der Waals surface area contributed by atoms with Gasteiger partial charge in [0.15, 0.2) is 0 Å². The minimum atomic E-state index is 0.227. The van der Waals surface area contributed by atoms with Crippen LogP contribution in [0.4, 0.5) is 5.69 Å². The van der Waals surface area contributed by atoms with Gasteiger partial charge in [-0.15, -0.1) is 0 Å². The smallest absolute Gasteiger partial charge is 0.120 e. The molecule has 0 bridgehead atoms. The van der Waals surface area contributed by atoms with E-state index in [1.165, 1.54) is 24.9 Å². The van der Waals surface area contributed by atoms with Gasteiger partial charge in [-0.3, -0.25) is 0 Å². The number of methoxy groups -OCH3 is 1. The number of aliphatic hydroxyl groups excluding tert-OH is 1. The minimum Gasteiger partial charge on any atom is -0.497 e. The van der Waals surface area contributed by atoms with Gasteiger partial charge in [-0.25, -0.2) is 0 Å². The summed E-state index contributed by atoms with van der Waals surface area (Å²) in [5.74, 6) is 0.862. The highest BCUT2D eigenvalue weighted by atomic mass is 16.5. The number of benzene rings is 1. The molecule has 0 saturated heterocycles. The maximum absolute atomic E-state index is 9.09. The normalized spacial score (nSPS) is 15.1. The lowest BCUT2D eigenvalue weighted by Crippen LogP contribution is -2.41. The zero-order valence-electron chi connectivity index (χ0n) is 11.6. The van der Waals surface area contributed by atoms with Crippen LogP contribution in [-0.4, -0.2) is 31.4 Å².